The Labute approximate surface area is 185 Å². The van der Waals surface area contributed by atoms with Gasteiger partial charge >= 0.3 is 0 Å². The smallest absolute Gasteiger partial charge is 0.233 e. The van der Waals surface area contributed by atoms with Gasteiger partial charge in [0.2, 0.25) is 23.8 Å². The summed E-state index contributed by atoms with van der Waals surface area (Å²) in [6.45, 7) is 10.4. The summed E-state index contributed by atoms with van der Waals surface area (Å²) < 4.78 is 3.64. The number of amides is 1. The van der Waals surface area contributed by atoms with Gasteiger partial charge in [0.15, 0.2) is 17.0 Å². The van der Waals surface area contributed by atoms with Crippen molar-refractivity contribution in [1.82, 2.24) is 39.3 Å². The molecule has 0 aliphatic carbocycles. The minimum absolute atomic E-state index is 0.182. The number of carbonyl (C=O) groups is 1. The first-order chi connectivity index (χ1) is 15.2. The summed E-state index contributed by atoms with van der Waals surface area (Å²) in [5.41, 5.74) is 0.439. The molecule has 2 N–H and O–H groups in total. The Balaban J connectivity index is 1.91. The normalized spacial score (nSPS) is 11.8. The van der Waals surface area contributed by atoms with E-state index in [1.807, 2.05) is 37.6 Å². The van der Waals surface area contributed by atoms with Crippen LogP contribution in [0.25, 0.3) is 17.1 Å². The van der Waals surface area contributed by atoms with Gasteiger partial charge in [-0.1, -0.05) is 34.6 Å². The van der Waals surface area contributed by atoms with Crippen molar-refractivity contribution in [2.75, 3.05) is 10.6 Å². The third-order valence-corrected chi connectivity index (χ3v) is 4.53. The predicted octanol–water partition coefficient (Wildman–Crippen LogP) is 3.19. The van der Waals surface area contributed by atoms with Gasteiger partial charge in [0, 0.05) is 36.7 Å². The van der Waals surface area contributed by atoms with Crippen molar-refractivity contribution in [3.63, 3.8) is 0 Å². The van der Waals surface area contributed by atoms with Gasteiger partial charge in [-0.2, -0.15) is 15.1 Å². The molecule has 32 heavy (non-hydrogen) atoms. The lowest BCUT2D eigenvalue weighted by Gasteiger charge is -2.17. The quantitative estimate of drug-likeness (QED) is 0.473. The van der Waals surface area contributed by atoms with E-state index in [9.17, 15) is 4.79 Å². The number of anilines is 3. The lowest BCUT2D eigenvalue weighted by atomic mass is 9.96. The van der Waals surface area contributed by atoms with E-state index in [0.29, 0.717) is 41.3 Å². The van der Waals surface area contributed by atoms with Gasteiger partial charge in [-0.3, -0.25) is 14.7 Å². The summed E-state index contributed by atoms with van der Waals surface area (Å²) in [6, 6.07) is 3.55. The van der Waals surface area contributed by atoms with E-state index in [2.05, 4.69) is 44.5 Å². The summed E-state index contributed by atoms with van der Waals surface area (Å²) in [5, 5.41) is 10.3. The third kappa shape index (κ3) is 4.41. The minimum Gasteiger partial charge on any atom is -0.308 e. The molecular weight excluding hydrogens is 408 g/mol. The number of rotatable bonds is 6. The van der Waals surface area contributed by atoms with Crippen LogP contribution in [-0.4, -0.2) is 45.2 Å². The number of carbonyl (C=O) groups excluding carboxylic acids is 1. The van der Waals surface area contributed by atoms with Crippen molar-refractivity contribution in [2.24, 2.45) is 11.3 Å². The van der Waals surface area contributed by atoms with Crippen molar-refractivity contribution in [1.29, 1.82) is 0 Å². The fourth-order valence-corrected chi connectivity index (χ4v) is 2.99. The Kier molecular flexibility index (Phi) is 5.56. The van der Waals surface area contributed by atoms with Crippen molar-refractivity contribution in [2.45, 2.75) is 41.2 Å². The molecule has 11 heteroatoms. The highest BCUT2D eigenvalue weighted by Crippen LogP contribution is 2.27. The van der Waals surface area contributed by atoms with Crippen molar-refractivity contribution in [3.8, 4) is 5.95 Å². The monoisotopic (exact) mass is 434 g/mol. The zero-order valence-electron chi connectivity index (χ0n) is 18.7. The van der Waals surface area contributed by atoms with Crippen LogP contribution in [0.4, 0.5) is 17.7 Å². The zero-order chi connectivity index (χ0) is 22.9. The molecule has 0 aliphatic heterocycles. The molecule has 0 spiro atoms. The Morgan fingerprint density at radius 1 is 1.03 bits per heavy atom. The molecule has 0 aromatic carbocycles. The molecule has 0 radical (unpaired) electrons. The van der Waals surface area contributed by atoms with E-state index >= 15 is 0 Å². The maximum atomic E-state index is 12.8. The van der Waals surface area contributed by atoms with Crippen LogP contribution in [-0.2, 0) is 11.3 Å². The number of aromatic nitrogens is 8. The Bertz CT molecular complexity index is 1220. The second-order valence-corrected chi connectivity index (χ2v) is 8.84. The van der Waals surface area contributed by atoms with Crippen LogP contribution >= 0.6 is 0 Å². The Morgan fingerprint density at radius 2 is 1.78 bits per heavy atom. The number of fused-ring (bicyclic) bond motifs is 1. The second-order valence-electron chi connectivity index (χ2n) is 8.84. The molecule has 166 valence electrons. The van der Waals surface area contributed by atoms with E-state index in [1.54, 1.807) is 29.3 Å². The summed E-state index contributed by atoms with van der Waals surface area (Å²) in [5.74, 6) is 1.64. The molecule has 0 saturated heterocycles. The van der Waals surface area contributed by atoms with Crippen LogP contribution in [0.3, 0.4) is 0 Å². The fraction of sp³-hybridized carbons (Fsp3) is 0.381. The molecule has 4 rings (SSSR count). The molecule has 11 nitrogen and oxygen atoms in total. The topological polar surface area (TPSA) is 128 Å². The van der Waals surface area contributed by atoms with Crippen LogP contribution < -0.4 is 10.6 Å². The van der Waals surface area contributed by atoms with Crippen molar-refractivity contribution < 1.29 is 4.79 Å². The molecular formula is C21H26N10O. The number of nitrogens with zero attached hydrogens (tertiary/aromatic N) is 8. The summed E-state index contributed by atoms with van der Waals surface area (Å²) in [7, 11) is 0. The predicted molar refractivity (Wildman–Crippen MR) is 121 cm³/mol. The van der Waals surface area contributed by atoms with E-state index in [1.165, 1.54) is 0 Å². The van der Waals surface area contributed by atoms with E-state index in [-0.39, 0.29) is 11.9 Å². The molecule has 4 heterocycles. The largest absolute Gasteiger partial charge is 0.308 e. The Hall–Kier alpha value is -3.89. The van der Waals surface area contributed by atoms with Gasteiger partial charge in [-0.15, -0.1) is 0 Å². The molecule has 0 unspecified atom stereocenters. The van der Waals surface area contributed by atoms with E-state index in [0.717, 1.165) is 0 Å². The number of hydrogen-bond acceptors (Lipinski definition) is 8. The van der Waals surface area contributed by atoms with Crippen LogP contribution in [0.2, 0.25) is 0 Å². The highest BCUT2D eigenvalue weighted by Gasteiger charge is 2.26. The molecule has 4 aromatic heterocycles. The van der Waals surface area contributed by atoms with Crippen LogP contribution in [0.15, 0.2) is 36.9 Å². The van der Waals surface area contributed by atoms with Crippen molar-refractivity contribution >= 4 is 34.8 Å². The highest BCUT2D eigenvalue weighted by atomic mass is 16.2. The number of imidazole rings is 1. The molecule has 0 saturated carbocycles. The summed E-state index contributed by atoms with van der Waals surface area (Å²) in [6.07, 6.45) is 6.74. The van der Waals surface area contributed by atoms with Gasteiger partial charge in [0.05, 0.1) is 0 Å². The zero-order valence-corrected chi connectivity index (χ0v) is 18.7. The van der Waals surface area contributed by atoms with E-state index < -0.39 is 5.41 Å². The molecule has 4 aromatic rings. The average molecular weight is 435 g/mol. The fourth-order valence-electron chi connectivity index (χ4n) is 2.99. The van der Waals surface area contributed by atoms with Crippen LogP contribution in [0, 0.1) is 11.3 Å². The molecule has 0 fully saturated rings. The number of hydrogen-bond donors (Lipinski definition) is 2. The summed E-state index contributed by atoms with van der Waals surface area (Å²) >= 11 is 0. The lowest BCUT2D eigenvalue weighted by molar-refractivity contribution is -0.123. The Morgan fingerprint density at radius 3 is 2.41 bits per heavy atom. The minimum atomic E-state index is -0.612. The van der Waals surface area contributed by atoms with Crippen LogP contribution in [0.5, 0.6) is 0 Å². The van der Waals surface area contributed by atoms with Gasteiger partial charge < -0.3 is 5.32 Å². The first-order valence-corrected chi connectivity index (χ1v) is 10.4. The second kappa shape index (κ2) is 8.33. The van der Waals surface area contributed by atoms with E-state index in [4.69, 9.17) is 9.97 Å². The maximum Gasteiger partial charge on any atom is 0.233 e. The number of nitrogens with one attached hydrogen (secondary N) is 2. The van der Waals surface area contributed by atoms with Gasteiger partial charge in [0.25, 0.3) is 0 Å². The molecule has 1 amide bonds. The van der Waals surface area contributed by atoms with Gasteiger partial charge in [-0.25, -0.2) is 19.6 Å². The maximum absolute atomic E-state index is 12.8. The lowest BCUT2D eigenvalue weighted by Crippen LogP contribution is -2.28. The highest BCUT2D eigenvalue weighted by molar-refractivity contribution is 6.00. The first-order valence-electron chi connectivity index (χ1n) is 10.4. The SMILES string of the molecule is CC(C)Cn1c(-n2cccn2)nc2c(NC(=O)C(C)(C)C)nc(Nc3ncccn3)nc21. The van der Waals surface area contributed by atoms with Crippen molar-refractivity contribution in [3.05, 3.63) is 36.9 Å². The van der Waals surface area contributed by atoms with Gasteiger partial charge in [-0.05, 0) is 18.1 Å². The first kappa shape index (κ1) is 21.3. The van der Waals surface area contributed by atoms with Crippen LogP contribution in [0.1, 0.15) is 34.6 Å². The van der Waals surface area contributed by atoms with Gasteiger partial charge in [0.1, 0.15) is 0 Å². The third-order valence-electron chi connectivity index (χ3n) is 4.53. The summed E-state index contributed by atoms with van der Waals surface area (Å²) in [4.78, 5) is 35.1. The average Bonchev–Trinajstić information content (AvgIpc) is 3.36. The molecule has 0 atom stereocenters. The standard InChI is InChI=1S/C21H26N10O/c1-13(2)12-30-16-14(25-20(30)31-11-7-10-24-31)15(26-17(32)21(3,4)5)27-19(28-16)29-18-22-8-6-9-23-18/h6-11,13H,12H2,1-5H3,(H2,22,23,26,27,28,29,32). The molecule has 0 bridgehead atoms. The molecule has 0 aliphatic rings.